The Bertz CT molecular complexity index is 1300. The van der Waals surface area contributed by atoms with Gasteiger partial charge in [0.2, 0.25) is 0 Å². The van der Waals surface area contributed by atoms with Crippen LogP contribution in [0.4, 0.5) is 5.69 Å². The number of alkyl halides is 1. The van der Waals surface area contributed by atoms with Crippen LogP contribution >= 0.6 is 11.6 Å². The first-order valence-electron chi connectivity index (χ1n) is 12.0. The van der Waals surface area contributed by atoms with Gasteiger partial charge in [-0.1, -0.05) is 39.3 Å². The van der Waals surface area contributed by atoms with Crippen LogP contribution in [-0.4, -0.2) is 37.3 Å². The molecule has 4 aromatic rings. The molecule has 1 atom stereocenters. The number of aliphatic hydroxyl groups is 1. The molecule has 0 aliphatic heterocycles. The highest BCUT2D eigenvalue weighted by molar-refractivity contribution is 6.18. The second-order valence-electron chi connectivity index (χ2n) is 9.65. The van der Waals surface area contributed by atoms with Crippen LogP contribution in [0.3, 0.4) is 0 Å². The predicted molar refractivity (Wildman–Crippen MR) is 143 cm³/mol. The van der Waals surface area contributed by atoms with Crippen LogP contribution < -0.4 is 11.1 Å². The Labute approximate surface area is 211 Å². The zero-order valence-electron chi connectivity index (χ0n) is 20.5. The summed E-state index contributed by atoms with van der Waals surface area (Å²) in [4.78, 5) is 9.45. The summed E-state index contributed by atoms with van der Waals surface area (Å²) in [6.07, 6.45) is 3.72. The van der Waals surface area contributed by atoms with Crippen molar-refractivity contribution in [1.82, 2.24) is 19.7 Å². The minimum atomic E-state index is -0.132. The van der Waals surface area contributed by atoms with Gasteiger partial charge in [-0.2, -0.15) is 5.10 Å². The lowest BCUT2D eigenvalue weighted by Crippen LogP contribution is -2.24. The van der Waals surface area contributed by atoms with E-state index in [2.05, 4.69) is 48.3 Å². The highest BCUT2D eigenvalue weighted by Crippen LogP contribution is 2.33. The number of pyridine rings is 2. The smallest absolute Gasteiger partial charge is 0.154 e. The fourth-order valence-electron chi connectivity index (χ4n) is 3.94. The Morgan fingerprint density at radius 1 is 1.14 bits per heavy atom. The first kappa shape index (κ1) is 25.1. The van der Waals surface area contributed by atoms with Gasteiger partial charge in [0.15, 0.2) is 5.82 Å². The van der Waals surface area contributed by atoms with Crippen LogP contribution in [0.1, 0.15) is 51.0 Å². The molecule has 7 nitrogen and oxygen atoms in total. The number of anilines is 1. The lowest BCUT2D eigenvalue weighted by atomic mass is 9.96. The number of aliphatic hydroxyl groups excluding tert-OH is 1. The number of hydrogen-bond donors (Lipinski definition) is 3. The highest BCUT2D eigenvalue weighted by Gasteiger charge is 2.19. The van der Waals surface area contributed by atoms with E-state index >= 15 is 0 Å². The number of fused-ring (bicyclic) bond motifs is 1. The molecule has 0 saturated heterocycles. The molecule has 0 unspecified atom stereocenters. The molecule has 0 radical (unpaired) electrons. The predicted octanol–water partition coefficient (Wildman–Crippen LogP) is 5.45. The number of nitrogens with zero attached hydrogens (tertiary/aromatic N) is 4. The summed E-state index contributed by atoms with van der Waals surface area (Å²) < 4.78 is 1.79. The fourth-order valence-corrected chi connectivity index (χ4v) is 4.03. The van der Waals surface area contributed by atoms with Gasteiger partial charge in [-0.3, -0.25) is 4.98 Å². The maximum atomic E-state index is 9.56. The molecule has 0 amide bonds. The summed E-state index contributed by atoms with van der Waals surface area (Å²) >= 11 is 6.18. The Kier molecular flexibility index (Phi) is 7.69. The summed E-state index contributed by atoms with van der Waals surface area (Å²) in [5.41, 5.74) is 11.4. The van der Waals surface area contributed by atoms with Gasteiger partial charge in [0, 0.05) is 35.1 Å². The van der Waals surface area contributed by atoms with E-state index in [1.54, 1.807) is 10.7 Å². The van der Waals surface area contributed by atoms with Gasteiger partial charge in [-0.25, -0.2) is 9.67 Å². The Morgan fingerprint density at radius 3 is 2.69 bits per heavy atom. The van der Waals surface area contributed by atoms with Crippen molar-refractivity contribution in [2.75, 3.05) is 17.7 Å². The van der Waals surface area contributed by atoms with Gasteiger partial charge in [0.05, 0.1) is 35.4 Å². The second kappa shape index (κ2) is 10.7. The molecule has 184 valence electrons. The van der Waals surface area contributed by atoms with Gasteiger partial charge in [-0.05, 0) is 48.2 Å². The second-order valence-corrected chi connectivity index (χ2v) is 9.92. The number of rotatable bonds is 10. The third-order valence-electron chi connectivity index (χ3n) is 6.02. The topological polar surface area (TPSA) is 102 Å². The molecule has 3 heterocycles. The van der Waals surface area contributed by atoms with Crippen molar-refractivity contribution >= 4 is 28.2 Å². The van der Waals surface area contributed by atoms with E-state index in [0.29, 0.717) is 23.9 Å². The van der Waals surface area contributed by atoms with E-state index in [4.69, 9.17) is 22.3 Å². The molecule has 0 bridgehead atoms. The van der Waals surface area contributed by atoms with Gasteiger partial charge in [0.25, 0.3) is 0 Å². The molecular formula is C27H33ClN6O. The molecule has 0 aliphatic rings. The van der Waals surface area contributed by atoms with Crippen LogP contribution in [0, 0.1) is 5.41 Å². The monoisotopic (exact) mass is 492 g/mol. The molecule has 35 heavy (non-hydrogen) atoms. The molecule has 1 aromatic carbocycles. The third-order valence-corrected chi connectivity index (χ3v) is 6.75. The van der Waals surface area contributed by atoms with Crippen LogP contribution in [0.15, 0.2) is 54.7 Å². The molecule has 0 aliphatic carbocycles. The van der Waals surface area contributed by atoms with Gasteiger partial charge < -0.3 is 16.2 Å². The normalized spacial score (nSPS) is 12.7. The zero-order valence-corrected chi connectivity index (χ0v) is 21.3. The maximum Gasteiger partial charge on any atom is 0.154 e. The minimum absolute atomic E-state index is 0.0814. The Balaban J connectivity index is 1.85. The lowest BCUT2D eigenvalue weighted by molar-refractivity contribution is 0.276. The average Bonchev–Trinajstić information content (AvgIpc) is 3.32. The molecule has 4 rings (SSSR count). The van der Waals surface area contributed by atoms with Crippen LogP contribution in [0.2, 0.25) is 0 Å². The van der Waals surface area contributed by atoms with E-state index < -0.39 is 0 Å². The van der Waals surface area contributed by atoms with Crippen molar-refractivity contribution in [3.05, 3.63) is 66.1 Å². The van der Waals surface area contributed by atoms with E-state index in [0.717, 1.165) is 46.4 Å². The number of halogens is 1. The number of benzene rings is 1. The maximum absolute atomic E-state index is 9.56. The van der Waals surface area contributed by atoms with Crippen LogP contribution in [-0.2, 0) is 6.61 Å². The summed E-state index contributed by atoms with van der Waals surface area (Å²) in [5.74, 6) is 1.18. The molecule has 8 heteroatoms. The number of nitrogens with two attached hydrogens (primary N) is 1. The van der Waals surface area contributed by atoms with E-state index in [-0.39, 0.29) is 18.1 Å². The molecule has 0 fully saturated rings. The van der Waals surface area contributed by atoms with Crippen molar-refractivity contribution in [3.63, 3.8) is 0 Å². The van der Waals surface area contributed by atoms with Crippen molar-refractivity contribution in [3.8, 4) is 17.1 Å². The molecule has 4 N–H and O–H groups in total. The number of nitrogens with one attached hydrogen (secondary N) is 1. The zero-order chi connectivity index (χ0) is 25.0. The van der Waals surface area contributed by atoms with Crippen molar-refractivity contribution in [2.45, 2.75) is 46.3 Å². The summed E-state index contributed by atoms with van der Waals surface area (Å²) in [7, 11) is 0. The van der Waals surface area contributed by atoms with Crippen LogP contribution in [0.25, 0.3) is 28.0 Å². The summed E-state index contributed by atoms with van der Waals surface area (Å²) in [6, 6.07) is 15.6. The quantitative estimate of drug-likeness (QED) is 0.254. The highest BCUT2D eigenvalue weighted by atomic mass is 35.5. The van der Waals surface area contributed by atoms with E-state index in [9.17, 15) is 5.11 Å². The van der Waals surface area contributed by atoms with Crippen molar-refractivity contribution in [1.29, 1.82) is 0 Å². The van der Waals surface area contributed by atoms with Gasteiger partial charge >= 0.3 is 0 Å². The fraction of sp³-hybridized carbons (Fsp3) is 0.370. The summed E-state index contributed by atoms with van der Waals surface area (Å²) in [5, 5.41) is 18.7. The minimum Gasteiger partial charge on any atom is -0.390 e. The van der Waals surface area contributed by atoms with Crippen LogP contribution in [0.5, 0.6) is 0 Å². The standard InChI is InChI=1S/C27H33ClN6O/c1-4-7-21(29)23-10-6-9-22(33-23)18-12-24(30-17-27(2,3)16-28)20-14-31-34(25(20)13-18)26-11-5-8-19(15-35)32-26/h5-6,8-14,21,30,35H,4,7,15-17,29H2,1-3H3/t21-/m0/s1. The number of hydrogen-bond acceptors (Lipinski definition) is 6. The molecule has 0 spiro atoms. The average molecular weight is 493 g/mol. The summed E-state index contributed by atoms with van der Waals surface area (Å²) in [6.45, 7) is 6.95. The molecular weight excluding hydrogens is 460 g/mol. The largest absolute Gasteiger partial charge is 0.390 e. The SMILES string of the molecule is CCC[C@H](N)c1cccc(-c2cc(NCC(C)(C)CCl)c3cnn(-c4cccc(CO)n4)c3c2)n1. The third kappa shape index (κ3) is 5.64. The van der Waals surface area contributed by atoms with Gasteiger partial charge in [-0.15, -0.1) is 11.6 Å². The van der Waals surface area contributed by atoms with Crippen molar-refractivity contribution < 1.29 is 5.11 Å². The first-order chi connectivity index (χ1) is 16.8. The van der Waals surface area contributed by atoms with E-state index in [1.807, 2.05) is 36.5 Å². The molecule has 0 saturated carbocycles. The Morgan fingerprint density at radius 2 is 1.94 bits per heavy atom. The molecule has 3 aromatic heterocycles. The lowest BCUT2D eigenvalue weighted by Gasteiger charge is -2.23. The number of aromatic nitrogens is 4. The van der Waals surface area contributed by atoms with E-state index in [1.165, 1.54) is 0 Å². The van der Waals surface area contributed by atoms with Gasteiger partial charge in [0.1, 0.15) is 0 Å². The Hall–Kier alpha value is -3.00. The van der Waals surface area contributed by atoms with Crippen molar-refractivity contribution in [2.24, 2.45) is 11.1 Å². The first-order valence-corrected chi connectivity index (χ1v) is 12.5.